The molecule has 2 fully saturated rings. The molecule has 0 bridgehead atoms. The van der Waals surface area contributed by atoms with Crippen LogP contribution in [0.1, 0.15) is 36.9 Å². The highest BCUT2D eigenvalue weighted by Gasteiger charge is 2.36. The third-order valence-electron chi connectivity index (χ3n) is 4.63. The minimum Gasteiger partial charge on any atom is -0.367 e. The highest BCUT2D eigenvalue weighted by molar-refractivity contribution is 5.79. The number of carbonyl (C=O) groups is 1. The van der Waals surface area contributed by atoms with E-state index in [2.05, 4.69) is 4.90 Å². The van der Waals surface area contributed by atoms with E-state index < -0.39 is 0 Å². The molecule has 0 saturated carbocycles. The molecule has 2 atom stereocenters. The minimum atomic E-state index is -0.210. The second kappa shape index (κ2) is 5.30. The van der Waals surface area contributed by atoms with Crippen LogP contribution in [0.4, 0.5) is 10.1 Å². The summed E-state index contributed by atoms with van der Waals surface area (Å²) in [5.41, 5.74) is 8.51. The summed E-state index contributed by atoms with van der Waals surface area (Å²) in [4.78, 5) is 16.0. The zero-order chi connectivity index (χ0) is 15.1. The largest absolute Gasteiger partial charge is 0.367 e. The van der Waals surface area contributed by atoms with Crippen molar-refractivity contribution in [1.82, 2.24) is 4.90 Å². The highest BCUT2D eigenvalue weighted by Crippen LogP contribution is 2.32. The molecule has 2 heterocycles. The molecule has 114 valence electrons. The average molecular weight is 291 g/mol. The predicted octanol–water partition coefficient (Wildman–Crippen LogP) is 1.96. The smallest absolute Gasteiger partial charge is 0.223 e. The molecule has 5 heteroatoms. The van der Waals surface area contributed by atoms with Gasteiger partial charge in [-0.2, -0.15) is 0 Å². The number of nitrogens with two attached hydrogens (primary N) is 1. The molecule has 2 aliphatic rings. The molecule has 1 amide bonds. The number of halogens is 1. The van der Waals surface area contributed by atoms with Gasteiger partial charge in [-0.15, -0.1) is 0 Å². The van der Waals surface area contributed by atoms with E-state index in [0.717, 1.165) is 37.3 Å². The second-order valence-corrected chi connectivity index (χ2v) is 6.17. The van der Waals surface area contributed by atoms with Gasteiger partial charge in [-0.05, 0) is 43.5 Å². The van der Waals surface area contributed by atoms with Crippen molar-refractivity contribution < 1.29 is 9.18 Å². The van der Waals surface area contributed by atoms with Gasteiger partial charge in [0.1, 0.15) is 5.82 Å². The molecule has 21 heavy (non-hydrogen) atoms. The summed E-state index contributed by atoms with van der Waals surface area (Å²) in [5, 5.41) is 0. The lowest BCUT2D eigenvalue weighted by molar-refractivity contribution is -0.129. The Morgan fingerprint density at radius 1 is 1.38 bits per heavy atom. The van der Waals surface area contributed by atoms with Crippen molar-refractivity contribution in [3.05, 3.63) is 29.1 Å². The highest BCUT2D eigenvalue weighted by atomic mass is 19.1. The van der Waals surface area contributed by atoms with Crippen molar-refractivity contribution >= 4 is 11.6 Å². The first-order valence-electron chi connectivity index (χ1n) is 7.57. The lowest BCUT2D eigenvalue weighted by Gasteiger charge is -2.40. The van der Waals surface area contributed by atoms with Crippen LogP contribution in [-0.4, -0.2) is 36.5 Å². The summed E-state index contributed by atoms with van der Waals surface area (Å²) in [6.45, 7) is 6.00. The van der Waals surface area contributed by atoms with Gasteiger partial charge in [-0.1, -0.05) is 0 Å². The molecule has 2 aliphatic heterocycles. The van der Waals surface area contributed by atoms with Crippen molar-refractivity contribution in [3.8, 4) is 0 Å². The second-order valence-electron chi connectivity index (χ2n) is 6.17. The number of piperazine rings is 1. The molecular formula is C16H22FN3O. The van der Waals surface area contributed by atoms with Gasteiger partial charge in [0.15, 0.2) is 0 Å². The van der Waals surface area contributed by atoms with Crippen LogP contribution < -0.4 is 10.6 Å². The summed E-state index contributed by atoms with van der Waals surface area (Å²) in [7, 11) is 0. The molecule has 3 rings (SSSR count). The number of carbonyl (C=O) groups excluding carboxylic acids is 1. The molecule has 0 aromatic heterocycles. The maximum absolute atomic E-state index is 13.8. The van der Waals surface area contributed by atoms with Crippen LogP contribution >= 0.6 is 0 Å². The summed E-state index contributed by atoms with van der Waals surface area (Å²) < 4.78 is 13.8. The van der Waals surface area contributed by atoms with Crippen LogP contribution in [0.15, 0.2) is 12.1 Å². The van der Waals surface area contributed by atoms with E-state index in [9.17, 15) is 9.18 Å². The molecule has 2 unspecified atom stereocenters. The van der Waals surface area contributed by atoms with Crippen LogP contribution in [0.2, 0.25) is 0 Å². The lowest BCUT2D eigenvalue weighted by atomic mass is 10.0. The fourth-order valence-electron chi connectivity index (χ4n) is 3.40. The number of fused-ring (bicyclic) bond motifs is 1. The first-order valence-corrected chi connectivity index (χ1v) is 7.57. The van der Waals surface area contributed by atoms with Gasteiger partial charge in [0.2, 0.25) is 5.91 Å². The van der Waals surface area contributed by atoms with Gasteiger partial charge in [-0.25, -0.2) is 4.39 Å². The number of hydrogen-bond acceptors (Lipinski definition) is 3. The van der Waals surface area contributed by atoms with Crippen LogP contribution in [0.3, 0.4) is 0 Å². The van der Waals surface area contributed by atoms with E-state index in [0.29, 0.717) is 12.0 Å². The number of aryl methyl sites for hydroxylation is 1. The van der Waals surface area contributed by atoms with Crippen LogP contribution in [0, 0.1) is 12.7 Å². The van der Waals surface area contributed by atoms with Gasteiger partial charge in [-0.3, -0.25) is 4.79 Å². The number of anilines is 1. The van der Waals surface area contributed by atoms with E-state index in [1.54, 1.807) is 13.0 Å². The number of rotatable bonds is 2. The Labute approximate surface area is 124 Å². The van der Waals surface area contributed by atoms with Crippen LogP contribution in [-0.2, 0) is 4.79 Å². The molecular weight excluding hydrogens is 269 g/mol. The molecule has 0 spiro atoms. The Morgan fingerprint density at radius 2 is 2.14 bits per heavy atom. The van der Waals surface area contributed by atoms with Gasteiger partial charge in [0.05, 0.1) is 0 Å². The Balaban J connectivity index is 1.90. The van der Waals surface area contributed by atoms with Crippen LogP contribution in [0.5, 0.6) is 0 Å². The van der Waals surface area contributed by atoms with E-state index >= 15 is 0 Å². The SMILES string of the molecule is Cc1cc(N2CCN3C(=O)CCC3C2)c(C(C)N)cc1F. The fraction of sp³-hybridized carbons (Fsp3) is 0.562. The normalized spacial score (nSPS) is 23.4. The van der Waals surface area contributed by atoms with E-state index in [-0.39, 0.29) is 23.8 Å². The zero-order valence-corrected chi connectivity index (χ0v) is 12.6. The molecule has 1 aromatic rings. The molecule has 2 N–H and O–H groups in total. The van der Waals surface area contributed by atoms with E-state index in [4.69, 9.17) is 5.73 Å². The van der Waals surface area contributed by atoms with Crippen molar-refractivity contribution in [2.75, 3.05) is 24.5 Å². The summed E-state index contributed by atoms with van der Waals surface area (Å²) in [6, 6.07) is 3.53. The zero-order valence-electron chi connectivity index (χ0n) is 12.6. The molecule has 0 aliphatic carbocycles. The summed E-state index contributed by atoms with van der Waals surface area (Å²) in [5.74, 6) is 0.0584. The first-order chi connectivity index (χ1) is 9.97. The Bertz CT molecular complexity index is 573. The van der Waals surface area contributed by atoms with Crippen molar-refractivity contribution in [3.63, 3.8) is 0 Å². The van der Waals surface area contributed by atoms with Crippen molar-refractivity contribution in [2.24, 2.45) is 5.73 Å². The summed E-state index contributed by atoms with van der Waals surface area (Å²) >= 11 is 0. The molecule has 1 aromatic carbocycles. The lowest BCUT2D eigenvalue weighted by Crippen LogP contribution is -2.51. The monoisotopic (exact) mass is 291 g/mol. The van der Waals surface area contributed by atoms with Crippen molar-refractivity contribution in [2.45, 2.75) is 38.8 Å². The van der Waals surface area contributed by atoms with Gasteiger partial charge in [0, 0.05) is 43.8 Å². The third kappa shape index (κ3) is 2.50. The third-order valence-corrected chi connectivity index (χ3v) is 4.63. The van der Waals surface area contributed by atoms with Gasteiger partial charge in [0.25, 0.3) is 0 Å². The molecule has 4 nitrogen and oxygen atoms in total. The van der Waals surface area contributed by atoms with E-state index in [1.807, 2.05) is 17.9 Å². The Hall–Kier alpha value is -1.62. The number of hydrogen-bond donors (Lipinski definition) is 1. The number of benzene rings is 1. The minimum absolute atomic E-state index is 0.208. The standard InChI is InChI=1S/C16H22FN3O/c1-10-7-15(13(11(2)18)8-14(10)17)19-5-6-20-12(9-19)3-4-16(20)21/h7-8,11-12H,3-6,9,18H2,1-2H3. The van der Waals surface area contributed by atoms with Gasteiger partial charge >= 0.3 is 0 Å². The van der Waals surface area contributed by atoms with Crippen LogP contribution in [0.25, 0.3) is 0 Å². The van der Waals surface area contributed by atoms with E-state index in [1.165, 1.54) is 0 Å². The Morgan fingerprint density at radius 3 is 2.86 bits per heavy atom. The molecule has 2 saturated heterocycles. The maximum atomic E-state index is 13.8. The summed E-state index contributed by atoms with van der Waals surface area (Å²) in [6.07, 6.45) is 1.57. The number of nitrogens with zero attached hydrogens (tertiary/aromatic N) is 2. The van der Waals surface area contributed by atoms with Crippen molar-refractivity contribution in [1.29, 1.82) is 0 Å². The maximum Gasteiger partial charge on any atom is 0.223 e. The average Bonchev–Trinajstić information content (AvgIpc) is 2.82. The predicted molar refractivity (Wildman–Crippen MR) is 80.7 cm³/mol. The Kier molecular flexibility index (Phi) is 3.61. The first kappa shape index (κ1) is 14.3. The molecule has 0 radical (unpaired) electrons. The number of amides is 1. The van der Waals surface area contributed by atoms with Gasteiger partial charge < -0.3 is 15.5 Å². The fourth-order valence-corrected chi connectivity index (χ4v) is 3.40. The quantitative estimate of drug-likeness (QED) is 0.906. The topological polar surface area (TPSA) is 49.6 Å².